The third kappa shape index (κ3) is 4.54. The number of hydrogen-bond acceptors (Lipinski definition) is 6. The van der Waals surface area contributed by atoms with Gasteiger partial charge in [0.1, 0.15) is 12.7 Å². The van der Waals surface area contributed by atoms with Crippen LogP contribution in [0.25, 0.3) is 11.1 Å². The lowest BCUT2D eigenvalue weighted by Crippen LogP contribution is -2.30. The Hall–Kier alpha value is -3.55. The molecule has 4 rings (SSSR count). The van der Waals surface area contributed by atoms with Gasteiger partial charge in [-0.1, -0.05) is 48.5 Å². The molecule has 164 valence electrons. The maximum Gasteiger partial charge on any atom is 0.407 e. The third-order valence-corrected chi connectivity index (χ3v) is 5.68. The van der Waals surface area contributed by atoms with Crippen molar-refractivity contribution in [2.45, 2.75) is 24.5 Å². The number of aliphatic hydroxyl groups is 2. The second-order valence-electron chi connectivity index (χ2n) is 7.72. The summed E-state index contributed by atoms with van der Waals surface area (Å²) in [6.45, 7) is 0.324. The third-order valence-electron chi connectivity index (χ3n) is 5.68. The summed E-state index contributed by atoms with van der Waals surface area (Å²) in [6, 6.07) is 17.7. The number of aliphatic hydroxyl groups excluding tert-OH is 2. The van der Waals surface area contributed by atoms with Crippen LogP contribution in [0, 0.1) is 0 Å². The molecule has 2 aromatic carbocycles. The monoisotopic (exact) mass is 432 g/mol. The zero-order chi connectivity index (χ0) is 22.5. The number of alkyl carbamates (subject to hydrolysis) is 1. The van der Waals surface area contributed by atoms with Gasteiger partial charge in [-0.3, -0.25) is 9.78 Å². The number of ether oxygens (including phenoxy) is 1. The molecule has 1 aromatic heterocycles. The Labute approximate surface area is 185 Å². The highest BCUT2D eigenvalue weighted by Gasteiger charge is 2.29. The highest BCUT2D eigenvalue weighted by molar-refractivity contribution is 5.79. The highest BCUT2D eigenvalue weighted by atomic mass is 16.5. The van der Waals surface area contributed by atoms with Gasteiger partial charge in [-0.2, -0.15) is 0 Å². The minimum Gasteiger partial charge on any atom is -0.449 e. The van der Waals surface area contributed by atoms with Crippen LogP contribution in [0.5, 0.6) is 0 Å². The number of carbonyl (C=O) groups excluding carboxylic acids is 2. The van der Waals surface area contributed by atoms with Gasteiger partial charge in [0.2, 0.25) is 0 Å². The number of benzene rings is 2. The molecule has 0 aliphatic heterocycles. The molecular weight excluding hydrogens is 408 g/mol. The Morgan fingerprint density at radius 2 is 1.72 bits per heavy atom. The Bertz CT molecular complexity index is 1070. The van der Waals surface area contributed by atoms with Crippen LogP contribution in [0.4, 0.5) is 4.79 Å². The normalized spacial score (nSPS) is 14.2. The average molecular weight is 432 g/mol. The molecule has 1 amide bonds. The first-order chi connectivity index (χ1) is 15.6. The highest BCUT2D eigenvalue weighted by Crippen LogP contribution is 2.44. The number of amides is 1. The number of pyridine rings is 1. The topological polar surface area (TPSA) is 109 Å². The van der Waals surface area contributed by atoms with Crippen molar-refractivity contribution in [1.29, 1.82) is 0 Å². The lowest BCUT2D eigenvalue weighted by molar-refractivity contribution is 0.0134. The van der Waals surface area contributed by atoms with Crippen LogP contribution in [-0.2, 0) is 4.74 Å². The van der Waals surface area contributed by atoms with E-state index >= 15 is 0 Å². The SMILES string of the molecule is O=Cc1cncc(C(O)C(O)CCNC(=O)OCC2c3ccccc3-c3ccccc32)c1. The molecule has 7 nitrogen and oxygen atoms in total. The van der Waals surface area contributed by atoms with Crippen LogP contribution in [0.15, 0.2) is 67.0 Å². The maximum absolute atomic E-state index is 12.2. The summed E-state index contributed by atoms with van der Waals surface area (Å²) in [5, 5.41) is 23.1. The van der Waals surface area contributed by atoms with Crippen molar-refractivity contribution < 1.29 is 24.5 Å². The van der Waals surface area contributed by atoms with Crippen LogP contribution in [-0.4, -0.2) is 46.8 Å². The largest absolute Gasteiger partial charge is 0.449 e. The lowest BCUT2D eigenvalue weighted by atomic mass is 9.98. The Kier molecular flexibility index (Phi) is 6.58. The Balaban J connectivity index is 1.28. The number of aromatic nitrogens is 1. The van der Waals surface area contributed by atoms with Crippen LogP contribution in [0.2, 0.25) is 0 Å². The maximum atomic E-state index is 12.2. The first kappa shape index (κ1) is 21.7. The van der Waals surface area contributed by atoms with Gasteiger partial charge in [0.05, 0.1) is 6.10 Å². The number of fused-ring (bicyclic) bond motifs is 3. The van der Waals surface area contributed by atoms with E-state index in [1.807, 2.05) is 36.4 Å². The van der Waals surface area contributed by atoms with E-state index in [0.29, 0.717) is 17.4 Å². The second kappa shape index (κ2) is 9.72. The molecule has 0 bridgehead atoms. The van der Waals surface area contributed by atoms with Gasteiger partial charge in [0.15, 0.2) is 6.29 Å². The van der Waals surface area contributed by atoms with Crippen molar-refractivity contribution in [3.05, 3.63) is 89.2 Å². The predicted molar refractivity (Wildman–Crippen MR) is 118 cm³/mol. The molecule has 0 fully saturated rings. The fraction of sp³-hybridized carbons (Fsp3) is 0.240. The number of carbonyl (C=O) groups is 2. The van der Waals surface area contributed by atoms with Crippen molar-refractivity contribution in [3.8, 4) is 11.1 Å². The summed E-state index contributed by atoms with van der Waals surface area (Å²) in [5.41, 5.74) is 5.22. The Morgan fingerprint density at radius 1 is 1.06 bits per heavy atom. The Morgan fingerprint density at radius 3 is 2.38 bits per heavy atom. The first-order valence-corrected chi connectivity index (χ1v) is 10.4. The summed E-state index contributed by atoms with van der Waals surface area (Å²) in [4.78, 5) is 26.9. The molecule has 0 saturated heterocycles. The molecule has 32 heavy (non-hydrogen) atoms. The second-order valence-corrected chi connectivity index (χ2v) is 7.72. The van der Waals surface area contributed by atoms with E-state index in [-0.39, 0.29) is 25.5 Å². The molecule has 7 heteroatoms. The fourth-order valence-electron chi connectivity index (χ4n) is 4.05. The van der Waals surface area contributed by atoms with E-state index in [1.165, 1.54) is 18.5 Å². The van der Waals surface area contributed by atoms with E-state index in [2.05, 4.69) is 22.4 Å². The zero-order valence-corrected chi connectivity index (χ0v) is 17.3. The van der Waals surface area contributed by atoms with Crippen molar-refractivity contribution >= 4 is 12.4 Å². The van der Waals surface area contributed by atoms with Gasteiger partial charge < -0.3 is 20.3 Å². The van der Waals surface area contributed by atoms with Gasteiger partial charge in [-0.05, 0) is 34.7 Å². The zero-order valence-electron chi connectivity index (χ0n) is 17.3. The molecule has 0 spiro atoms. The van der Waals surface area contributed by atoms with E-state index in [0.717, 1.165) is 22.3 Å². The van der Waals surface area contributed by atoms with Gasteiger partial charge in [0, 0.05) is 36.0 Å². The van der Waals surface area contributed by atoms with Crippen molar-refractivity contribution in [2.75, 3.05) is 13.2 Å². The molecule has 1 aliphatic rings. The number of aldehydes is 1. The van der Waals surface area contributed by atoms with Crippen LogP contribution in [0.3, 0.4) is 0 Å². The average Bonchev–Trinajstić information content (AvgIpc) is 3.16. The molecule has 0 radical (unpaired) electrons. The molecule has 1 aliphatic carbocycles. The standard InChI is InChI=1S/C25H24N2O5/c28-14-16-11-17(13-26-12-16)24(30)23(29)9-10-27-25(31)32-15-22-20-7-3-1-5-18(20)19-6-2-4-8-21(19)22/h1-8,11-14,22-24,29-30H,9-10,15H2,(H,27,31). The number of nitrogens with one attached hydrogen (secondary N) is 1. The molecule has 1 heterocycles. The van der Waals surface area contributed by atoms with Crippen molar-refractivity contribution in [2.24, 2.45) is 0 Å². The van der Waals surface area contributed by atoms with Gasteiger partial charge >= 0.3 is 6.09 Å². The molecule has 3 N–H and O–H groups in total. The predicted octanol–water partition coefficient (Wildman–Crippen LogP) is 3.22. The molecule has 3 aromatic rings. The minimum absolute atomic E-state index is 0.0295. The van der Waals surface area contributed by atoms with Crippen LogP contribution >= 0.6 is 0 Å². The molecule has 0 saturated carbocycles. The summed E-state index contributed by atoms with van der Waals surface area (Å²) in [7, 11) is 0. The van der Waals surface area contributed by atoms with E-state index in [9.17, 15) is 19.8 Å². The lowest BCUT2D eigenvalue weighted by Gasteiger charge is -2.18. The first-order valence-electron chi connectivity index (χ1n) is 10.4. The van der Waals surface area contributed by atoms with Gasteiger partial charge in [0.25, 0.3) is 0 Å². The number of rotatable bonds is 8. The van der Waals surface area contributed by atoms with Crippen LogP contribution in [0.1, 0.15) is 45.5 Å². The molecule has 2 atom stereocenters. The fourth-order valence-corrected chi connectivity index (χ4v) is 4.05. The molecular formula is C25H24N2O5. The van der Waals surface area contributed by atoms with Gasteiger partial charge in [-0.25, -0.2) is 4.79 Å². The van der Waals surface area contributed by atoms with Crippen molar-refractivity contribution in [3.63, 3.8) is 0 Å². The van der Waals surface area contributed by atoms with E-state index in [1.54, 1.807) is 0 Å². The number of hydrogen-bond donors (Lipinski definition) is 3. The quantitative estimate of drug-likeness (QED) is 0.472. The summed E-state index contributed by atoms with van der Waals surface area (Å²) in [6.07, 6.45) is 0.552. The minimum atomic E-state index is -1.22. The molecule has 2 unspecified atom stereocenters. The van der Waals surface area contributed by atoms with E-state index < -0.39 is 18.3 Å². The summed E-state index contributed by atoms with van der Waals surface area (Å²) in [5.74, 6) is -0.0295. The summed E-state index contributed by atoms with van der Waals surface area (Å²) >= 11 is 0. The van der Waals surface area contributed by atoms with Gasteiger partial charge in [-0.15, -0.1) is 0 Å². The number of nitrogens with zero attached hydrogens (tertiary/aromatic N) is 1. The van der Waals surface area contributed by atoms with E-state index in [4.69, 9.17) is 4.74 Å². The van der Waals surface area contributed by atoms with Crippen molar-refractivity contribution in [1.82, 2.24) is 10.3 Å². The van der Waals surface area contributed by atoms with Crippen LogP contribution < -0.4 is 5.32 Å². The summed E-state index contributed by atoms with van der Waals surface area (Å²) < 4.78 is 5.45. The smallest absolute Gasteiger partial charge is 0.407 e.